The molecule has 5 atom stereocenters. The highest BCUT2D eigenvalue weighted by atomic mass is 16.4. The Kier molecular flexibility index (Phi) is 10.4. The van der Waals surface area contributed by atoms with E-state index in [0.29, 0.717) is 6.42 Å². The average Bonchev–Trinajstić information content (AvgIpc) is 2.59. The van der Waals surface area contributed by atoms with E-state index < -0.39 is 61.1 Å². The van der Waals surface area contributed by atoms with Crippen molar-refractivity contribution < 1.29 is 34.5 Å². The first kappa shape index (κ1) is 23.8. The van der Waals surface area contributed by atoms with Crippen LogP contribution in [0.3, 0.4) is 0 Å². The molecule has 26 heavy (non-hydrogen) atoms. The van der Waals surface area contributed by atoms with Gasteiger partial charge in [0.05, 0.1) is 25.3 Å². The van der Waals surface area contributed by atoms with Crippen molar-refractivity contribution in [3.05, 3.63) is 0 Å². The largest absolute Gasteiger partial charge is 0.480 e. The zero-order valence-corrected chi connectivity index (χ0v) is 15.1. The van der Waals surface area contributed by atoms with Crippen LogP contribution in [0.4, 0.5) is 0 Å². The second-order valence-corrected chi connectivity index (χ2v) is 6.00. The molecular formula is C15H28N4O7. The van der Waals surface area contributed by atoms with Crippen molar-refractivity contribution in [1.29, 1.82) is 0 Å². The number of aliphatic carboxylic acids is 1. The molecule has 150 valence electrons. The van der Waals surface area contributed by atoms with Gasteiger partial charge in [-0.3, -0.25) is 14.4 Å². The molecule has 0 aliphatic carbocycles. The molecule has 5 unspecified atom stereocenters. The van der Waals surface area contributed by atoms with Gasteiger partial charge in [0, 0.05) is 0 Å². The summed E-state index contributed by atoms with van der Waals surface area (Å²) < 4.78 is 0. The Bertz CT molecular complexity index is 512. The number of hydrogen-bond donors (Lipinski definition) is 7. The number of nitrogens with two attached hydrogens (primary N) is 1. The summed E-state index contributed by atoms with van der Waals surface area (Å²) in [6, 6.07) is -3.69. The van der Waals surface area contributed by atoms with Crippen LogP contribution in [0.2, 0.25) is 0 Å². The van der Waals surface area contributed by atoms with Crippen LogP contribution in [0.25, 0.3) is 0 Å². The first-order valence-corrected chi connectivity index (χ1v) is 8.19. The number of carboxylic acid groups (broad SMARTS) is 1. The Morgan fingerprint density at radius 2 is 1.65 bits per heavy atom. The van der Waals surface area contributed by atoms with Crippen molar-refractivity contribution in [2.75, 3.05) is 13.2 Å². The third-order valence-corrected chi connectivity index (χ3v) is 3.86. The lowest BCUT2D eigenvalue weighted by molar-refractivity contribution is -0.144. The van der Waals surface area contributed by atoms with E-state index in [-0.39, 0.29) is 5.92 Å². The molecule has 11 heteroatoms. The molecule has 0 bridgehead atoms. The van der Waals surface area contributed by atoms with Crippen LogP contribution < -0.4 is 21.7 Å². The van der Waals surface area contributed by atoms with Crippen LogP contribution in [0.15, 0.2) is 0 Å². The van der Waals surface area contributed by atoms with Crippen molar-refractivity contribution >= 4 is 23.7 Å². The van der Waals surface area contributed by atoms with Crippen LogP contribution in [0.5, 0.6) is 0 Å². The average molecular weight is 376 g/mol. The van der Waals surface area contributed by atoms with Gasteiger partial charge in [0.2, 0.25) is 17.7 Å². The van der Waals surface area contributed by atoms with Gasteiger partial charge in [-0.25, -0.2) is 4.79 Å². The fourth-order valence-corrected chi connectivity index (χ4v) is 1.88. The molecule has 0 saturated carbocycles. The Balaban J connectivity index is 4.60. The van der Waals surface area contributed by atoms with Gasteiger partial charge in [-0.2, -0.15) is 0 Å². The van der Waals surface area contributed by atoms with Gasteiger partial charge in [-0.15, -0.1) is 0 Å². The number of carboxylic acids is 1. The molecule has 11 nitrogen and oxygen atoms in total. The Hall–Kier alpha value is -2.24. The van der Waals surface area contributed by atoms with E-state index in [9.17, 15) is 29.4 Å². The van der Waals surface area contributed by atoms with Gasteiger partial charge in [0.1, 0.15) is 6.04 Å². The fourth-order valence-electron chi connectivity index (χ4n) is 1.88. The van der Waals surface area contributed by atoms with Crippen molar-refractivity contribution in [3.8, 4) is 0 Å². The minimum absolute atomic E-state index is 0.128. The number of hydrogen-bond acceptors (Lipinski definition) is 7. The van der Waals surface area contributed by atoms with Crippen LogP contribution in [-0.4, -0.2) is 76.4 Å². The summed E-state index contributed by atoms with van der Waals surface area (Å²) >= 11 is 0. The van der Waals surface area contributed by atoms with E-state index in [0.717, 1.165) is 0 Å². The molecular weight excluding hydrogens is 348 g/mol. The van der Waals surface area contributed by atoms with Gasteiger partial charge in [0.15, 0.2) is 6.04 Å². The SMILES string of the molecule is CCC(C)C(N)C(=O)NC(CO)C(=O)NCC(=O)NC(C(=O)O)C(C)O. The molecule has 0 aromatic rings. The molecule has 0 saturated heterocycles. The normalized spacial score (nSPS) is 16.5. The molecule has 0 spiro atoms. The first-order chi connectivity index (χ1) is 12.0. The van der Waals surface area contributed by atoms with Crippen molar-refractivity contribution in [1.82, 2.24) is 16.0 Å². The number of carbonyl (C=O) groups excluding carboxylic acids is 3. The number of amides is 3. The summed E-state index contributed by atoms with van der Waals surface area (Å²) in [4.78, 5) is 46.5. The van der Waals surface area contributed by atoms with Crippen molar-refractivity contribution in [2.45, 2.75) is 51.4 Å². The van der Waals surface area contributed by atoms with Crippen molar-refractivity contribution in [2.24, 2.45) is 11.7 Å². The monoisotopic (exact) mass is 376 g/mol. The molecule has 0 aliphatic heterocycles. The molecule has 0 fully saturated rings. The third kappa shape index (κ3) is 7.76. The van der Waals surface area contributed by atoms with Gasteiger partial charge < -0.3 is 37.0 Å². The van der Waals surface area contributed by atoms with E-state index in [1.807, 2.05) is 12.2 Å². The fraction of sp³-hybridized carbons (Fsp3) is 0.733. The Morgan fingerprint density at radius 1 is 1.08 bits per heavy atom. The van der Waals surface area contributed by atoms with Gasteiger partial charge in [-0.1, -0.05) is 20.3 Å². The van der Waals surface area contributed by atoms with E-state index in [2.05, 4.69) is 10.6 Å². The zero-order chi connectivity index (χ0) is 20.4. The molecule has 8 N–H and O–H groups in total. The Labute approximate surface area is 151 Å². The molecule has 0 aromatic carbocycles. The summed E-state index contributed by atoms with van der Waals surface area (Å²) in [6.45, 7) is 3.50. The summed E-state index contributed by atoms with van der Waals surface area (Å²) in [7, 11) is 0. The lowest BCUT2D eigenvalue weighted by atomic mass is 9.99. The first-order valence-electron chi connectivity index (χ1n) is 8.19. The smallest absolute Gasteiger partial charge is 0.328 e. The summed E-state index contributed by atoms with van der Waals surface area (Å²) in [5, 5.41) is 33.9. The molecule has 0 rings (SSSR count). The molecule has 0 heterocycles. The minimum Gasteiger partial charge on any atom is -0.480 e. The van der Waals surface area contributed by atoms with E-state index in [1.165, 1.54) is 6.92 Å². The number of carbonyl (C=O) groups is 4. The number of aliphatic hydroxyl groups excluding tert-OH is 2. The Morgan fingerprint density at radius 3 is 2.08 bits per heavy atom. The quantitative estimate of drug-likeness (QED) is 0.197. The number of nitrogens with one attached hydrogen (secondary N) is 3. The van der Waals surface area contributed by atoms with Gasteiger partial charge in [0.25, 0.3) is 0 Å². The zero-order valence-electron chi connectivity index (χ0n) is 15.1. The van der Waals surface area contributed by atoms with Crippen LogP contribution in [0, 0.1) is 5.92 Å². The molecule has 0 radical (unpaired) electrons. The van der Waals surface area contributed by atoms with Gasteiger partial charge in [-0.05, 0) is 12.8 Å². The summed E-state index contributed by atoms with van der Waals surface area (Å²) in [5.74, 6) is -3.86. The van der Waals surface area contributed by atoms with Crippen LogP contribution >= 0.6 is 0 Å². The highest BCUT2D eigenvalue weighted by Gasteiger charge is 2.27. The standard InChI is InChI=1S/C15H28N4O7/c1-4-7(2)11(16)14(24)18-9(6-20)13(23)17-5-10(22)19-12(8(3)21)15(25)26/h7-9,11-12,20-21H,4-6,16H2,1-3H3,(H,17,23)(H,18,24)(H,19,22)(H,25,26). The topological polar surface area (TPSA) is 191 Å². The maximum Gasteiger partial charge on any atom is 0.328 e. The highest BCUT2D eigenvalue weighted by molar-refractivity contribution is 5.92. The summed E-state index contributed by atoms with van der Waals surface area (Å²) in [6.07, 6.45) is -0.683. The predicted octanol–water partition coefficient (Wildman–Crippen LogP) is -3.10. The molecule has 0 aromatic heterocycles. The van der Waals surface area contributed by atoms with E-state index >= 15 is 0 Å². The lowest BCUT2D eigenvalue weighted by Crippen LogP contribution is -2.56. The number of aliphatic hydroxyl groups is 2. The number of rotatable bonds is 11. The third-order valence-electron chi connectivity index (χ3n) is 3.86. The lowest BCUT2D eigenvalue weighted by Gasteiger charge is -2.22. The maximum atomic E-state index is 12.0. The van der Waals surface area contributed by atoms with E-state index in [4.69, 9.17) is 10.8 Å². The van der Waals surface area contributed by atoms with E-state index in [1.54, 1.807) is 6.92 Å². The predicted molar refractivity (Wildman–Crippen MR) is 90.7 cm³/mol. The van der Waals surface area contributed by atoms with Crippen LogP contribution in [0.1, 0.15) is 27.2 Å². The van der Waals surface area contributed by atoms with Gasteiger partial charge >= 0.3 is 5.97 Å². The summed E-state index contributed by atoms with van der Waals surface area (Å²) in [5.41, 5.74) is 5.74. The second-order valence-electron chi connectivity index (χ2n) is 6.00. The maximum absolute atomic E-state index is 12.0. The van der Waals surface area contributed by atoms with Crippen molar-refractivity contribution in [3.63, 3.8) is 0 Å². The molecule has 3 amide bonds. The minimum atomic E-state index is -1.53. The second kappa shape index (κ2) is 11.4. The highest BCUT2D eigenvalue weighted by Crippen LogP contribution is 2.05. The van der Waals surface area contributed by atoms with Crippen LogP contribution in [-0.2, 0) is 19.2 Å². The molecule has 0 aliphatic rings.